The summed E-state index contributed by atoms with van der Waals surface area (Å²) in [5.41, 5.74) is 3.79. The maximum atomic E-state index is 9.85. The molecule has 2 amide bonds. The highest BCUT2D eigenvalue weighted by Gasteiger charge is 1.90. The van der Waals surface area contributed by atoms with E-state index in [1.807, 2.05) is 10.9 Å². The van der Waals surface area contributed by atoms with E-state index in [2.05, 4.69) is 25.3 Å². The van der Waals surface area contributed by atoms with Gasteiger partial charge in [-0.25, -0.2) is 0 Å². The van der Waals surface area contributed by atoms with Crippen molar-refractivity contribution < 1.29 is 9.59 Å². The summed E-state index contributed by atoms with van der Waals surface area (Å²) in [6, 6.07) is 0. The van der Waals surface area contributed by atoms with Gasteiger partial charge in [0.15, 0.2) is 0 Å². The highest BCUT2D eigenvalue weighted by molar-refractivity contribution is 7.97. The summed E-state index contributed by atoms with van der Waals surface area (Å²) in [5.74, 6) is 0. The molecule has 0 saturated heterocycles. The zero-order valence-electron chi connectivity index (χ0n) is 3.71. The molecule has 0 aliphatic heterocycles. The first kappa shape index (κ1) is 7.64. The maximum absolute atomic E-state index is 9.85. The number of hydrazine groups is 1. The van der Waals surface area contributed by atoms with Gasteiger partial charge in [-0.3, -0.25) is 20.4 Å². The van der Waals surface area contributed by atoms with E-state index in [0.717, 1.165) is 0 Å². The van der Waals surface area contributed by atoms with Crippen molar-refractivity contribution in [2.24, 2.45) is 0 Å². The van der Waals surface area contributed by atoms with Gasteiger partial charge in [0.05, 0.1) is 0 Å². The number of carbonyl (C=O) groups is 2. The molecule has 0 aromatic heterocycles. The van der Waals surface area contributed by atoms with Crippen LogP contribution in [0, 0.1) is 0 Å². The lowest BCUT2D eigenvalue weighted by Crippen LogP contribution is -2.35. The zero-order chi connectivity index (χ0) is 6.57. The third-order valence-corrected chi connectivity index (χ3v) is 0.500. The fraction of sp³-hybridized carbons (Fsp3) is 0. The average Bonchev–Trinajstić information content (AvgIpc) is 1.61. The van der Waals surface area contributed by atoms with Gasteiger partial charge in [0, 0.05) is 0 Å². The molecule has 0 saturated carbocycles. The van der Waals surface area contributed by atoms with Crippen LogP contribution in [0.1, 0.15) is 0 Å². The molecule has 6 heteroatoms. The molecular weight excluding hydrogens is 148 g/mol. The minimum absolute atomic E-state index is 0.632. The molecule has 0 aromatic carbocycles. The molecule has 0 rings (SSSR count). The first-order valence-corrected chi connectivity index (χ1v) is 2.50. The van der Waals surface area contributed by atoms with Gasteiger partial charge in [-0.05, 0) is 0 Å². The molecule has 0 fully saturated rings. The topological polar surface area (TPSA) is 58.2 Å². The van der Waals surface area contributed by atoms with E-state index in [4.69, 9.17) is 0 Å². The molecule has 0 aliphatic carbocycles. The summed E-state index contributed by atoms with van der Waals surface area (Å²) in [6.07, 6.45) is 0. The molecule has 0 bridgehead atoms. The minimum Gasteiger partial charge on any atom is -0.260 e. The van der Waals surface area contributed by atoms with Gasteiger partial charge in [-0.1, -0.05) is 25.3 Å². The Labute approximate surface area is 56.8 Å². The zero-order valence-corrected chi connectivity index (χ0v) is 5.50. The van der Waals surface area contributed by atoms with E-state index in [-0.39, 0.29) is 0 Å². The van der Waals surface area contributed by atoms with E-state index in [9.17, 15) is 9.59 Å². The predicted molar refractivity (Wildman–Crippen MR) is 35.0 cm³/mol. The number of rotatable bonds is 0. The lowest BCUT2D eigenvalue weighted by Gasteiger charge is -1.96. The second kappa shape index (κ2) is 3.62. The van der Waals surface area contributed by atoms with Crippen LogP contribution in [0.25, 0.3) is 0 Å². The van der Waals surface area contributed by atoms with Gasteiger partial charge in [-0.2, -0.15) is 0 Å². The monoisotopic (exact) mass is 152 g/mol. The Kier molecular flexibility index (Phi) is 3.46. The Morgan fingerprint density at radius 3 is 1.38 bits per heavy atom. The molecule has 46 valence electrons. The summed E-state index contributed by atoms with van der Waals surface area (Å²) in [5, 5.41) is -1.26. The Morgan fingerprint density at radius 2 is 1.25 bits per heavy atom. The molecule has 0 radical (unpaired) electrons. The van der Waals surface area contributed by atoms with Crippen LogP contribution in [0.4, 0.5) is 9.59 Å². The normalized spacial score (nSPS) is 7.75. The van der Waals surface area contributed by atoms with Gasteiger partial charge in [-0.15, -0.1) is 0 Å². The highest BCUT2D eigenvalue weighted by atomic mass is 32.1. The van der Waals surface area contributed by atoms with E-state index in [1.165, 1.54) is 0 Å². The number of nitrogens with one attached hydrogen (secondary N) is 2. The minimum atomic E-state index is -0.632. The fourth-order valence-electron chi connectivity index (χ4n) is 0.107. The van der Waals surface area contributed by atoms with E-state index in [1.54, 1.807) is 0 Å². The van der Waals surface area contributed by atoms with Gasteiger partial charge in [0.25, 0.3) is 10.5 Å². The molecule has 0 heterocycles. The van der Waals surface area contributed by atoms with Crippen LogP contribution < -0.4 is 10.9 Å². The van der Waals surface area contributed by atoms with Crippen molar-refractivity contribution in [3.8, 4) is 0 Å². The fourth-order valence-corrected chi connectivity index (χ4v) is 0.219. The lowest BCUT2D eigenvalue weighted by molar-refractivity contribution is 0.247. The summed E-state index contributed by atoms with van der Waals surface area (Å²) in [4.78, 5) is 19.7. The van der Waals surface area contributed by atoms with Crippen LogP contribution in [0.2, 0.25) is 0 Å². The third-order valence-electron chi connectivity index (χ3n) is 0.276. The summed E-state index contributed by atoms with van der Waals surface area (Å²) in [6.45, 7) is 0. The Morgan fingerprint density at radius 1 is 1.00 bits per heavy atom. The van der Waals surface area contributed by atoms with Gasteiger partial charge in [0.1, 0.15) is 0 Å². The molecule has 0 unspecified atom stereocenters. The molecule has 0 atom stereocenters. The largest absolute Gasteiger partial charge is 0.294 e. The van der Waals surface area contributed by atoms with Crippen molar-refractivity contribution in [3.05, 3.63) is 0 Å². The Bertz CT molecular complexity index is 101. The number of amides is 2. The van der Waals surface area contributed by atoms with Crippen molar-refractivity contribution in [1.29, 1.82) is 0 Å². The van der Waals surface area contributed by atoms with Crippen LogP contribution in [-0.2, 0) is 0 Å². The predicted octanol–water partition coefficient (Wildman–Crippen LogP) is 0.180. The van der Waals surface area contributed by atoms with Crippen molar-refractivity contribution in [2.45, 2.75) is 0 Å². The summed E-state index contributed by atoms with van der Waals surface area (Å²) >= 11 is 6.55. The Balaban J connectivity index is 3.18. The second-order valence-corrected chi connectivity index (χ2v) is 1.67. The smallest absolute Gasteiger partial charge is 0.260 e. The van der Waals surface area contributed by atoms with Crippen LogP contribution in [0.15, 0.2) is 0 Å². The van der Waals surface area contributed by atoms with Crippen LogP contribution in [0.3, 0.4) is 0 Å². The van der Waals surface area contributed by atoms with Gasteiger partial charge >= 0.3 is 0 Å². The summed E-state index contributed by atoms with van der Waals surface area (Å²) in [7, 11) is 0. The lowest BCUT2D eigenvalue weighted by atomic mass is 11.3. The van der Waals surface area contributed by atoms with Crippen LogP contribution >= 0.6 is 25.3 Å². The molecule has 8 heavy (non-hydrogen) atoms. The molecular formula is C2H4N2O2S2. The number of carbonyl (C=O) groups excluding carboxylic acids is 2. The van der Waals surface area contributed by atoms with E-state index >= 15 is 0 Å². The molecule has 0 aromatic rings. The molecule has 2 N–H and O–H groups in total. The Hall–Kier alpha value is -0.360. The van der Waals surface area contributed by atoms with Crippen molar-refractivity contribution >= 4 is 35.7 Å². The first-order chi connectivity index (χ1) is 3.63. The van der Waals surface area contributed by atoms with E-state index in [0.29, 0.717) is 0 Å². The SMILES string of the molecule is O=C(S)NNC(=O)S. The van der Waals surface area contributed by atoms with Gasteiger partial charge in [0.2, 0.25) is 0 Å². The van der Waals surface area contributed by atoms with Crippen LogP contribution in [0.5, 0.6) is 0 Å². The first-order valence-electron chi connectivity index (χ1n) is 1.61. The summed E-state index contributed by atoms with van der Waals surface area (Å²) < 4.78 is 0. The average molecular weight is 152 g/mol. The number of hydrogen-bond acceptors (Lipinski definition) is 2. The quantitative estimate of drug-likeness (QED) is 0.295. The van der Waals surface area contributed by atoms with Crippen molar-refractivity contribution in [1.82, 2.24) is 10.9 Å². The standard InChI is InChI=1S/C2H4N2O2S2/c5-1(7)3-4-2(6)8/h(H2,3,5,7)(H2,4,6,8). The van der Waals surface area contributed by atoms with E-state index < -0.39 is 10.5 Å². The van der Waals surface area contributed by atoms with Gasteiger partial charge < -0.3 is 0 Å². The number of hydrogen-bond donors (Lipinski definition) is 4. The third kappa shape index (κ3) is 5.64. The molecule has 0 spiro atoms. The molecule has 0 aliphatic rings. The van der Waals surface area contributed by atoms with Crippen molar-refractivity contribution in [3.63, 3.8) is 0 Å². The molecule has 4 nitrogen and oxygen atoms in total. The van der Waals surface area contributed by atoms with Crippen molar-refractivity contribution in [2.75, 3.05) is 0 Å². The maximum Gasteiger partial charge on any atom is 0.294 e. The highest BCUT2D eigenvalue weighted by Crippen LogP contribution is 1.74. The van der Waals surface area contributed by atoms with Crippen LogP contribution in [-0.4, -0.2) is 10.5 Å². The number of thiol groups is 2. The second-order valence-electron chi connectivity index (χ2n) is 0.860.